The molecule has 0 saturated carbocycles. The number of halogens is 1. The molecule has 1 aromatic heterocycles. The number of thiophene rings is 1. The van der Waals surface area contributed by atoms with E-state index in [1.54, 1.807) is 11.3 Å². The molecule has 1 fully saturated rings. The SMILES string of the molecule is CC1(C)CN(C(=O)Cc2cc(Br)cs2)CCC1O. The minimum absolute atomic E-state index is 0.157. The number of aliphatic hydroxyl groups is 1. The lowest BCUT2D eigenvalue weighted by atomic mass is 9.81. The van der Waals surface area contributed by atoms with Gasteiger partial charge in [0.1, 0.15) is 0 Å². The molecule has 0 bridgehead atoms. The molecule has 3 nitrogen and oxygen atoms in total. The average Bonchev–Trinajstić information content (AvgIpc) is 2.68. The van der Waals surface area contributed by atoms with E-state index in [9.17, 15) is 9.90 Å². The fourth-order valence-electron chi connectivity index (χ4n) is 2.27. The summed E-state index contributed by atoms with van der Waals surface area (Å²) in [6, 6.07) is 1.99. The molecule has 1 aliphatic rings. The Balaban J connectivity index is 1.98. The minimum Gasteiger partial charge on any atom is -0.392 e. The van der Waals surface area contributed by atoms with Crippen LogP contribution >= 0.6 is 27.3 Å². The van der Waals surface area contributed by atoms with Crippen LogP contribution in [0.5, 0.6) is 0 Å². The number of rotatable bonds is 2. The number of likely N-dealkylation sites (tertiary alicyclic amines) is 1. The van der Waals surface area contributed by atoms with Crippen LogP contribution < -0.4 is 0 Å². The first kappa shape index (κ1) is 14.0. The van der Waals surface area contributed by atoms with E-state index < -0.39 is 0 Å². The van der Waals surface area contributed by atoms with Crippen molar-refractivity contribution in [2.45, 2.75) is 32.8 Å². The Kier molecular flexibility index (Phi) is 4.14. The van der Waals surface area contributed by atoms with Crippen LogP contribution in [0.15, 0.2) is 15.9 Å². The smallest absolute Gasteiger partial charge is 0.227 e. The van der Waals surface area contributed by atoms with E-state index in [0.717, 1.165) is 9.35 Å². The van der Waals surface area contributed by atoms with Gasteiger partial charge in [-0.25, -0.2) is 0 Å². The van der Waals surface area contributed by atoms with Crippen LogP contribution in [-0.2, 0) is 11.2 Å². The van der Waals surface area contributed by atoms with E-state index in [0.29, 0.717) is 25.9 Å². The third-order valence-electron chi connectivity index (χ3n) is 3.47. The Morgan fingerprint density at radius 1 is 1.67 bits per heavy atom. The third kappa shape index (κ3) is 3.13. The van der Waals surface area contributed by atoms with Crippen molar-refractivity contribution in [2.24, 2.45) is 5.41 Å². The molecule has 18 heavy (non-hydrogen) atoms. The number of hydrogen-bond acceptors (Lipinski definition) is 3. The first-order valence-electron chi connectivity index (χ1n) is 6.07. The normalized spacial score (nSPS) is 23.1. The Morgan fingerprint density at radius 2 is 2.39 bits per heavy atom. The molecule has 1 aromatic rings. The van der Waals surface area contributed by atoms with Crippen molar-refractivity contribution in [2.75, 3.05) is 13.1 Å². The van der Waals surface area contributed by atoms with Crippen molar-refractivity contribution >= 4 is 33.2 Å². The zero-order valence-electron chi connectivity index (χ0n) is 10.6. The molecule has 0 aromatic carbocycles. The van der Waals surface area contributed by atoms with Crippen molar-refractivity contribution in [3.63, 3.8) is 0 Å². The van der Waals surface area contributed by atoms with Gasteiger partial charge in [0.15, 0.2) is 0 Å². The molecule has 1 amide bonds. The second-order valence-corrected chi connectivity index (χ2v) is 7.43. The molecule has 0 spiro atoms. The van der Waals surface area contributed by atoms with Crippen LogP contribution in [0, 0.1) is 5.41 Å². The molecule has 1 aliphatic heterocycles. The van der Waals surface area contributed by atoms with Crippen molar-refractivity contribution in [1.82, 2.24) is 4.90 Å². The van der Waals surface area contributed by atoms with Crippen molar-refractivity contribution in [1.29, 1.82) is 0 Å². The number of carbonyl (C=O) groups is 1. The molecule has 2 heterocycles. The second kappa shape index (κ2) is 5.31. The Morgan fingerprint density at radius 3 is 2.94 bits per heavy atom. The molecule has 1 unspecified atom stereocenters. The number of nitrogens with zero attached hydrogens (tertiary/aromatic N) is 1. The Bertz CT molecular complexity index is 444. The summed E-state index contributed by atoms with van der Waals surface area (Å²) < 4.78 is 1.03. The largest absolute Gasteiger partial charge is 0.392 e. The van der Waals surface area contributed by atoms with E-state index in [1.165, 1.54) is 0 Å². The first-order valence-corrected chi connectivity index (χ1v) is 7.74. The number of amides is 1. The average molecular weight is 332 g/mol. The standard InChI is InChI=1S/C13H18BrNO2S/c1-13(2)8-15(4-3-11(13)16)12(17)6-10-5-9(14)7-18-10/h5,7,11,16H,3-4,6,8H2,1-2H3. The van der Waals surface area contributed by atoms with Crippen LogP contribution in [0.4, 0.5) is 0 Å². The van der Waals surface area contributed by atoms with E-state index in [4.69, 9.17) is 0 Å². The van der Waals surface area contributed by atoms with Crippen LogP contribution in [-0.4, -0.2) is 35.1 Å². The summed E-state index contributed by atoms with van der Waals surface area (Å²) in [6.07, 6.45) is 0.826. The maximum atomic E-state index is 12.2. The van der Waals surface area contributed by atoms with Gasteiger partial charge in [-0.05, 0) is 28.4 Å². The summed E-state index contributed by atoms with van der Waals surface area (Å²) in [5, 5.41) is 11.9. The Hall–Kier alpha value is -0.390. The number of carbonyl (C=O) groups excluding carboxylic acids is 1. The van der Waals surface area contributed by atoms with Gasteiger partial charge in [-0.1, -0.05) is 13.8 Å². The van der Waals surface area contributed by atoms with E-state index in [2.05, 4.69) is 15.9 Å². The second-order valence-electron chi connectivity index (χ2n) is 5.52. The van der Waals surface area contributed by atoms with Gasteiger partial charge >= 0.3 is 0 Å². The monoisotopic (exact) mass is 331 g/mol. The maximum absolute atomic E-state index is 12.2. The molecule has 5 heteroatoms. The topological polar surface area (TPSA) is 40.5 Å². The molecular formula is C13H18BrNO2S. The van der Waals surface area contributed by atoms with Gasteiger partial charge in [0, 0.05) is 33.2 Å². The highest BCUT2D eigenvalue weighted by Crippen LogP contribution is 2.29. The molecule has 2 rings (SSSR count). The minimum atomic E-state index is -0.308. The first-order chi connectivity index (χ1) is 8.38. The van der Waals surface area contributed by atoms with E-state index >= 15 is 0 Å². The van der Waals surface area contributed by atoms with Gasteiger partial charge in [-0.15, -0.1) is 11.3 Å². The van der Waals surface area contributed by atoms with Crippen molar-refractivity contribution in [3.8, 4) is 0 Å². The number of hydrogen-bond donors (Lipinski definition) is 1. The fraction of sp³-hybridized carbons (Fsp3) is 0.615. The summed E-state index contributed by atoms with van der Waals surface area (Å²) >= 11 is 5.00. The summed E-state index contributed by atoms with van der Waals surface area (Å²) in [7, 11) is 0. The molecular weight excluding hydrogens is 314 g/mol. The molecule has 100 valence electrons. The summed E-state index contributed by atoms with van der Waals surface area (Å²) in [4.78, 5) is 15.2. The van der Waals surface area contributed by atoms with Crippen LogP contribution in [0.25, 0.3) is 0 Å². The lowest BCUT2D eigenvalue weighted by molar-refractivity contribution is -0.137. The van der Waals surface area contributed by atoms with E-state index in [1.807, 2.05) is 30.2 Å². The van der Waals surface area contributed by atoms with Crippen LogP contribution in [0.3, 0.4) is 0 Å². The van der Waals surface area contributed by atoms with Crippen LogP contribution in [0.1, 0.15) is 25.1 Å². The molecule has 1 N–H and O–H groups in total. The molecule has 0 aliphatic carbocycles. The predicted octanol–water partition coefficient (Wildman–Crippen LogP) is 2.67. The van der Waals surface area contributed by atoms with Gasteiger partial charge in [0.25, 0.3) is 0 Å². The van der Waals surface area contributed by atoms with Crippen LogP contribution in [0.2, 0.25) is 0 Å². The summed E-state index contributed by atoms with van der Waals surface area (Å²) in [5.74, 6) is 0.157. The summed E-state index contributed by atoms with van der Waals surface area (Å²) in [6.45, 7) is 5.33. The molecule has 1 atom stereocenters. The zero-order chi connectivity index (χ0) is 13.3. The van der Waals surface area contributed by atoms with Gasteiger partial charge in [-0.2, -0.15) is 0 Å². The fourth-order valence-corrected chi connectivity index (χ4v) is 3.71. The third-order valence-corrected chi connectivity index (χ3v) is 5.17. The highest BCUT2D eigenvalue weighted by Gasteiger charge is 2.36. The lowest BCUT2D eigenvalue weighted by Gasteiger charge is -2.41. The van der Waals surface area contributed by atoms with Gasteiger partial charge in [0.05, 0.1) is 12.5 Å². The molecule has 0 radical (unpaired) electrons. The van der Waals surface area contributed by atoms with Gasteiger partial charge in [-0.3, -0.25) is 4.79 Å². The number of piperidine rings is 1. The summed E-state index contributed by atoms with van der Waals surface area (Å²) in [5.41, 5.74) is -0.204. The van der Waals surface area contributed by atoms with Gasteiger partial charge < -0.3 is 10.0 Å². The highest BCUT2D eigenvalue weighted by atomic mass is 79.9. The van der Waals surface area contributed by atoms with Crippen molar-refractivity contribution < 1.29 is 9.90 Å². The predicted molar refractivity (Wildman–Crippen MR) is 76.7 cm³/mol. The zero-order valence-corrected chi connectivity index (χ0v) is 13.1. The highest BCUT2D eigenvalue weighted by molar-refractivity contribution is 9.10. The quantitative estimate of drug-likeness (QED) is 0.905. The Labute approximate surface area is 120 Å². The molecule has 1 saturated heterocycles. The van der Waals surface area contributed by atoms with Crippen molar-refractivity contribution in [3.05, 3.63) is 20.8 Å². The van der Waals surface area contributed by atoms with Gasteiger partial charge in [0.2, 0.25) is 5.91 Å². The number of aliphatic hydroxyl groups excluding tert-OH is 1. The van der Waals surface area contributed by atoms with E-state index in [-0.39, 0.29) is 17.4 Å². The lowest BCUT2D eigenvalue weighted by Crippen LogP contribution is -2.51. The maximum Gasteiger partial charge on any atom is 0.227 e.